The van der Waals surface area contributed by atoms with Gasteiger partial charge in [0.05, 0.1) is 18.7 Å². The van der Waals surface area contributed by atoms with Crippen LogP contribution in [0.15, 0.2) is 53.6 Å². The molecule has 2 aromatic rings. The van der Waals surface area contributed by atoms with Gasteiger partial charge in [0.25, 0.3) is 5.91 Å². The van der Waals surface area contributed by atoms with Gasteiger partial charge in [-0.2, -0.15) is 10.4 Å². The molecule has 0 aliphatic heterocycles. The number of amides is 1. The van der Waals surface area contributed by atoms with Gasteiger partial charge in [-0.05, 0) is 29.8 Å². The van der Waals surface area contributed by atoms with Crippen LogP contribution in [0.1, 0.15) is 21.8 Å². The monoisotopic (exact) mass is 371 g/mol. The van der Waals surface area contributed by atoms with Crippen molar-refractivity contribution in [2.24, 2.45) is 5.10 Å². The average molecular weight is 372 g/mol. The van der Waals surface area contributed by atoms with Crippen molar-refractivity contribution in [1.82, 2.24) is 5.43 Å². The van der Waals surface area contributed by atoms with Crippen molar-refractivity contribution in [1.29, 1.82) is 5.26 Å². The Balaban J connectivity index is 2.34. The zero-order valence-corrected chi connectivity index (χ0v) is 14.4. The third-order valence-electron chi connectivity index (χ3n) is 3.43. The Morgan fingerprint density at radius 3 is 2.46 bits per heavy atom. The molecule has 2 rings (SSSR count). The molecule has 0 aliphatic rings. The van der Waals surface area contributed by atoms with Crippen LogP contribution in [0, 0.1) is 11.3 Å². The number of phenols is 1. The normalized spacial score (nSPS) is 12.0. The number of nitrogens with zero attached hydrogens (tertiary/aromatic N) is 2. The van der Waals surface area contributed by atoms with E-state index in [1.807, 2.05) is 6.07 Å². The number of carbonyl (C=O) groups excluding carboxylic acids is 2. The smallest absolute Gasteiger partial charge is 0.355 e. The minimum atomic E-state index is -1.08. The van der Waals surface area contributed by atoms with E-state index in [0.29, 0.717) is 10.6 Å². The molecule has 7 nitrogen and oxygen atoms in total. The standard InChI is InChI=1S/C18H14ClN3O4/c1-26-18(25)16(14(10-20)11-6-8-12(19)9-7-11)21-22-17(24)13-4-2-3-5-15(13)23/h2-9,14,23H,1H3,(H,22,24)/b21-16+/t14-/m1/s1. The SMILES string of the molecule is COC(=O)/C(=N/NC(=O)c1ccccc1O)[C@H](C#N)c1ccc(Cl)cc1. The van der Waals surface area contributed by atoms with Gasteiger partial charge in [-0.3, -0.25) is 4.79 Å². The molecule has 1 atom stereocenters. The maximum atomic E-state index is 12.1. The number of nitrogens with one attached hydrogen (secondary N) is 1. The first-order chi connectivity index (χ1) is 12.5. The summed E-state index contributed by atoms with van der Waals surface area (Å²) in [6, 6.07) is 14.1. The molecule has 0 fully saturated rings. The number of hydrogen-bond acceptors (Lipinski definition) is 6. The number of hydrogen-bond donors (Lipinski definition) is 2. The van der Waals surface area contributed by atoms with Gasteiger partial charge in [0.15, 0.2) is 5.71 Å². The number of ether oxygens (including phenoxy) is 1. The lowest BCUT2D eigenvalue weighted by molar-refractivity contribution is -0.132. The Kier molecular flexibility index (Phi) is 6.31. The maximum absolute atomic E-state index is 12.1. The van der Waals surface area contributed by atoms with Gasteiger partial charge < -0.3 is 9.84 Å². The number of nitriles is 1. The summed E-state index contributed by atoms with van der Waals surface area (Å²) in [5.41, 5.74) is 2.29. The lowest BCUT2D eigenvalue weighted by Gasteiger charge is -2.12. The quantitative estimate of drug-likeness (QED) is 0.476. The lowest BCUT2D eigenvalue weighted by atomic mass is 9.95. The second-order valence-corrected chi connectivity index (χ2v) is 5.50. The molecule has 26 heavy (non-hydrogen) atoms. The molecule has 0 unspecified atom stereocenters. The highest BCUT2D eigenvalue weighted by Crippen LogP contribution is 2.20. The minimum Gasteiger partial charge on any atom is -0.507 e. The second-order valence-electron chi connectivity index (χ2n) is 5.06. The van der Waals surface area contributed by atoms with Crippen molar-refractivity contribution in [2.75, 3.05) is 7.11 Å². The van der Waals surface area contributed by atoms with E-state index >= 15 is 0 Å². The van der Waals surface area contributed by atoms with E-state index in [-0.39, 0.29) is 17.0 Å². The molecule has 0 aliphatic carbocycles. The molecular formula is C18H14ClN3O4. The summed E-state index contributed by atoms with van der Waals surface area (Å²) in [5.74, 6) is -2.93. The van der Waals surface area contributed by atoms with Gasteiger partial charge in [-0.25, -0.2) is 10.2 Å². The number of halogens is 1. The summed E-state index contributed by atoms with van der Waals surface area (Å²) in [4.78, 5) is 24.2. The molecule has 0 saturated carbocycles. The molecule has 0 spiro atoms. The predicted octanol–water partition coefficient (Wildman–Crippen LogP) is 2.61. The summed E-state index contributed by atoms with van der Waals surface area (Å²) in [6.07, 6.45) is 0. The first kappa shape index (κ1) is 19.0. The van der Waals surface area contributed by atoms with Crippen LogP contribution >= 0.6 is 11.6 Å². The Labute approximate surface area is 154 Å². The Morgan fingerprint density at radius 2 is 1.88 bits per heavy atom. The minimum absolute atomic E-state index is 0.0273. The first-order valence-corrected chi connectivity index (χ1v) is 7.75. The molecule has 8 heteroatoms. The molecule has 2 N–H and O–H groups in total. The summed E-state index contributed by atoms with van der Waals surface area (Å²) < 4.78 is 4.65. The van der Waals surface area contributed by atoms with Crippen LogP contribution in [0.25, 0.3) is 0 Å². The van der Waals surface area contributed by atoms with Gasteiger partial charge in [0, 0.05) is 5.02 Å². The number of hydrazone groups is 1. The number of rotatable bonds is 5. The van der Waals surface area contributed by atoms with Crippen LogP contribution in [-0.4, -0.2) is 29.8 Å². The van der Waals surface area contributed by atoms with Gasteiger partial charge >= 0.3 is 5.97 Å². The van der Waals surface area contributed by atoms with Crippen LogP contribution in [0.3, 0.4) is 0 Å². The number of carbonyl (C=O) groups is 2. The third-order valence-corrected chi connectivity index (χ3v) is 3.68. The Morgan fingerprint density at radius 1 is 1.23 bits per heavy atom. The molecule has 0 heterocycles. The van der Waals surface area contributed by atoms with Gasteiger partial charge in [-0.1, -0.05) is 35.9 Å². The van der Waals surface area contributed by atoms with Gasteiger partial charge in [0.2, 0.25) is 0 Å². The van der Waals surface area contributed by atoms with Gasteiger partial charge in [-0.15, -0.1) is 0 Å². The largest absolute Gasteiger partial charge is 0.507 e. The van der Waals surface area contributed by atoms with Crippen LogP contribution in [-0.2, 0) is 9.53 Å². The van der Waals surface area contributed by atoms with Crippen molar-refractivity contribution in [3.05, 3.63) is 64.7 Å². The number of benzene rings is 2. The fourth-order valence-corrected chi connectivity index (χ4v) is 2.24. The van der Waals surface area contributed by atoms with Crippen molar-refractivity contribution in [3.8, 4) is 11.8 Å². The van der Waals surface area contributed by atoms with Crippen molar-refractivity contribution in [3.63, 3.8) is 0 Å². The van der Waals surface area contributed by atoms with Crippen LogP contribution < -0.4 is 5.43 Å². The maximum Gasteiger partial charge on any atom is 0.355 e. The molecular weight excluding hydrogens is 358 g/mol. The molecule has 0 bridgehead atoms. The summed E-state index contributed by atoms with van der Waals surface area (Å²) >= 11 is 5.83. The van der Waals surface area contributed by atoms with E-state index in [9.17, 15) is 20.0 Å². The number of aromatic hydroxyl groups is 1. The Hall–Kier alpha value is -3.37. The highest BCUT2D eigenvalue weighted by Gasteiger charge is 2.26. The molecule has 132 valence electrons. The summed E-state index contributed by atoms with van der Waals surface area (Å²) in [5, 5.41) is 23.4. The molecule has 2 aromatic carbocycles. The average Bonchev–Trinajstić information content (AvgIpc) is 2.65. The van der Waals surface area contributed by atoms with E-state index in [2.05, 4.69) is 15.3 Å². The second kappa shape index (κ2) is 8.65. The number of esters is 1. The van der Waals surface area contributed by atoms with Gasteiger partial charge in [0.1, 0.15) is 11.7 Å². The van der Waals surface area contributed by atoms with Crippen LogP contribution in [0.2, 0.25) is 5.02 Å². The van der Waals surface area contributed by atoms with Crippen molar-refractivity contribution < 1.29 is 19.4 Å². The fraction of sp³-hybridized carbons (Fsp3) is 0.111. The van der Waals surface area contributed by atoms with E-state index in [0.717, 1.165) is 7.11 Å². The van der Waals surface area contributed by atoms with E-state index in [4.69, 9.17) is 11.6 Å². The zero-order valence-electron chi connectivity index (χ0n) is 13.6. The Bertz CT molecular complexity index is 888. The fourth-order valence-electron chi connectivity index (χ4n) is 2.12. The van der Waals surface area contributed by atoms with Crippen LogP contribution in [0.5, 0.6) is 5.75 Å². The molecule has 0 aromatic heterocycles. The molecule has 0 radical (unpaired) electrons. The van der Waals surface area contributed by atoms with E-state index in [1.54, 1.807) is 36.4 Å². The summed E-state index contributed by atoms with van der Waals surface area (Å²) in [6.45, 7) is 0. The first-order valence-electron chi connectivity index (χ1n) is 7.37. The zero-order chi connectivity index (χ0) is 19.1. The van der Waals surface area contributed by atoms with E-state index < -0.39 is 17.8 Å². The topological polar surface area (TPSA) is 112 Å². The molecule has 1 amide bonds. The number of methoxy groups -OCH3 is 1. The van der Waals surface area contributed by atoms with Crippen molar-refractivity contribution >= 4 is 29.2 Å². The molecule has 0 saturated heterocycles. The highest BCUT2D eigenvalue weighted by atomic mass is 35.5. The number of para-hydroxylation sites is 1. The highest BCUT2D eigenvalue weighted by molar-refractivity contribution is 6.39. The lowest BCUT2D eigenvalue weighted by Crippen LogP contribution is -2.28. The summed E-state index contributed by atoms with van der Waals surface area (Å²) in [7, 11) is 1.14. The van der Waals surface area contributed by atoms with Crippen molar-refractivity contribution in [2.45, 2.75) is 5.92 Å². The third kappa shape index (κ3) is 4.37. The van der Waals surface area contributed by atoms with E-state index in [1.165, 1.54) is 12.1 Å². The van der Waals surface area contributed by atoms with Crippen LogP contribution in [0.4, 0.5) is 0 Å². The number of phenolic OH excluding ortho intramolecular Hbond substituents is 1. The predicted molar refractivity (Wildman–Crippen MR) is 94.8 cm³/mol.